The van der Waals surface area contributed by atoms with Crippen LogP contribution in [0.2, 0.25) is 0 Å². The molecule has 9 heteroatoms. The molecule has 0 radical (unpaired) electrons. The van der Waals surface area contributed by atoms with E-state index in [1.807, 2.05) is 24.3 Å². The topological polar surface area (TPSA) is 68.6 Å². The molecule has 7 nitrogen and oxygen atoms in total. The lowest BCUT2D eigenvalue weighted by molar-refractivity contribution is -0.118. The second kappa shape index (κ2) is 11.3. The van der Waals surface area contributed by atoms with Crippen LogP contribution in [0.25, 0.3) is 5.69 Å². The Morgan fingerprint density at radius 1 is 1.24 bits per heavy atom. The highest BCUT2D eigenvalue weighted by molar-refractivity contribution is 7.99. The first-order valence-electron chi connectivity index (χ1n) is 10.8. The number of carbonyl (C=O) groups is 1. The summed E-state index contributed by atoms with van der Waals surface area (Å²) in [4.78, 5) is 19.3. The van der Waals surface area contributed by atoms with E-state index in [4.69, 9.17) is 9.47 Å². The van der Waals surface area contributed by atoms with Crippen molar-refractivity contribution in [2.24, 2.45) is 0 Å². The van der Waals surface area contributed by atoms with Gasteiger partial charge in [0.25, 0.3) is 0 Å². The van der Waals surface area contributed by atoms with Crippen LogP contribution in [0.1, 0.15) is 11.6 Å². The molecule has 33 heavy (non-hydrogen) atoms. The smallest absolute Gasteiger partial charge is 0.230 e. The molecule has 0 aliphatic carbocycles. The SMILES string of the molecule is COc1ccc(C(CNC(=O)CSc2nccn2-c2cccc(F)c2)N2CCOCC2)cc1. The maximum Gasteiger partial charge on any atom is 0.230 e. The molecule has 2 heterocycles. The van der Waals surface area contributed by atoms with E-state index in [9.17, 15) is 9.18 Å². The molecule has 0 bridgehead atoms. The van der Waals surface area contributed by atoms with E-state index >= 15 is 0 Å². The van der Waals surface area contributed by atoms with Crippen LogP contribution in [-0.4, -0.2) is 66.1 Å². The molecule has 1 aliphatic heterocycles. The van der Waals surface area contributed by atoms with Crippen molar-refractivity contribution in [2.45, 2.75) is 11.2 Å². The van der Waals surface area contributed by atoms with Crippen molar-refractivity contribution in [2.75, 3.05) is 45.7 Å². The Bertz CT molecular complexity index is 1050. The third-order valence-corrected chi connectivity index (χ3v) is 6.47. The Morgan fingerprint density at radius 2 is 2.03 bits per heavy atom. The molecule has 3 aromatic rings. The molecule has 4 rings (SSSR count). The van der Waals surface area contributed by atoms with Gasteiger partial charge in [0.15, 0.2) is 5.16 Å². The average molecular weight is 471 g/mol. The number of aromatic nitrogens is 2. The average Bonchev–Trinajstić information content (AvgIpc) is 3.33. The first-order valence-corrected chi connectivity index (χ1v) is 11.8. The Morgan fingerprint density at radius 3 is 2.76 bits per heavy atom. The first-order chi connectivity index (χ1) is 16.1. The van der Waals surface area contributed by atoms with Crippen LogP contribution in [-0.2, 0) is 9.53 Å². The number of nitrogens with one attached hydrogen (secondary N) is 1. The molecular weight excluding hydrogens is 443 g/mol. The van der Waals surface area contributed by atoms with Crippen molar-refractivity contribution in [3.8, 4) is 11.4 Å². The fourth-order valence-corrected chi connectivity index (χ4v) is 4.59. The number of morpholine rings is 1. The minimum atomic E-state index is -0.317. The molecule has 1 amide bonds. The molecule has 2 aromatic carbocycles. The van der Waals surface area contributed by atoms with Crippen molar-refractivity contribution in [3.63, 3.8) is 0 Å². The highest BCUT2D eigenvalue weighted by Crippen LogP contribution is 2.24. The van der Waals surface area contributed by atoms with Crippen LogP contribution in [0, 0.1) is 5.82 Å². The van der Waals surface area contributed by atoms with Crippen LogP contribution in [0.15, 0.2) is 66.1 Å². The lowest BCUT2D eigenvalue weighted by Gasteiger charge is -2.35. The quantitative estimate of drug-likeness (QED) is 0.484. The Hall–Kier alpha value is -2.88. The maximum atomic E-state index is 13.6. The van der Waals surface area contributed by atoms with E-state index < -0.39 is 0 Å². The largest absolute Gasteiger partial charge is 0.497 e. The van der Waals surface area contributed by atoms with E-state index in [-0.39, 0.29) is 23.5 Å². The van der Waals surface area contributed by atoms with Crippen LogP contribution in [0.5, 0.6) is 5.75 Å². The lowest BCUT2D eigenvalue weighted by Crippen LogP contribution is -2.44. The van der Waals surface area contributed by atoms with Crippen molar-refractivity contribution in [1.29, 1.82) is 0 Å². The van der Waals surface area contributed by atoms with E-state index in [0.717, 1.165) is 24.4 Å². The number of carbonyl (C=O) groups excluding carboxylic acids is 1. The van der Waals surface area contributed by atoms with E-state index in [1.165, 1.54) is 23.9 Å². The molecule has 0 spiro atoms. The van der Waals surface area contributed by atoms with Gasteiger partial charge in [0.1, 0.15) is 11.6 Å². The predicted molar refractivity (Wildman–Crippen MR) is 125 cm³/mol. The third-order valence-electron chi connectivity index (χ3n) is 5.51. The summed E-state index contributed by atoms with van der Waals surface area (Å²) in [5, 5.41) is 3.70. The zero-order chi connectivity index (χ0) is 23.0. The molecule has 1 fully saturated rings. The molecule has 1 aliphatic rings. The van der Waals surface area contributed by atoms with Gasteiger partial charge in [0.05, 0.1) is 37.8 Å². The standard InChI is InChI=1S/C24H27FN4O3S/c1-31-21-7-5-18(6-8-21)22(28-11-13-32-14-12-28)16-27-23(30)17-33-24-26-9-10-29(24)20-4-2-3-19(25)15-20/h2-10,15,22H,11-14,16-17H2,1H3,(H,27,30). The van der Waals surface area contributed by atoms with Gasteiger partial charge in [0, 0.05) is 32.0 Å². The van der Waals surface area contributed by atoms with Crippen molar-refractivity contribution in [3.05, 3.63) is 72.3 Å². The van der Waals surface area contributed by atoms with Crippen LogP contribution in [0.3, 0.4) is 0 Å². The highest BCUT2D eigenvalue weighted by atomic mass is 32.2. The predicted octanol–water partition coefficient (Wildman–Crippen LogP) is 3.30. The second-order valence-electron chi connectivity index (χ2n) is 7.59. The number of hydrogen-bond acceptors (Lipinski definition) is 6. The summed E-state index contributed by atoms with van der Waals surface area (Å²) in [6, 6.07) is 14.3. The normalized spacial score (nSPS) is 15.2. The summed E-state index contributed by atoms with van der Waals surface area (Å²) in [5.74, 6) is 0.613. The molecule has 1 atom stereocenters. The Kier molecular flexibility index (Phi) is 7.98. The molecule has 174 valence electrons. The summed E-state index contributed by atoms with van der Waals surface area (Å²) < 4.78 is 26.1. The van der Waals surface area contributed by atoms with Gasteiger partial charge < -0.3 is 14.8 Å². The van der Waals surface area contributed by atoms with Gasteiger partial charge in [-0.25, -0.2) is 9.37 Å². The number of ether oxygens (including phenoxy) is 2. The second-order valence-corrected chi connectivity index (χ2v) is 8.53. The Labute approximate surface area is 196 Å². The monoisotopic (exact) mass is 470 g/mol. The fourth-order valence-electron chi connectivity index (χ4n) is 3.78. The van der Waals surface area contributed by atoms with Crippen molar-refractivity contribution < 1.29 is 18.7 Å². The molecule has 1 saturated heterocycles. The van der Waals surface area contributed by atoms with E-state index in [0.29, 0.717) is 30.6 Å². The van der Waals surface area contributed by atoms with Gasteiger partial charge in [-0.1, -0.05) is 30.0 Å². The van der Waals surface area contributed by atoms with Gasteiger partial charge in [0.2, 0.25) is 5.91 Å². The van der Waals surface area contributed by atoms with Gasteiger partial charge in [-0.15, -0.1) is 0 Å². The number of halogens is 1. The molecular formula is C24H27FN4O3S. The molecule has 1 N–H and O–H groups in total. The number of nitrogens with zero attached hydrogens (tertiary/aromatic N) is 3. The van der Waals surface area contributed by atoms with Crippen LogP contribution in [0.4, 0.5) is 4.39 Å². The summed E-state index contributed by atoms with van der Waals surface area (Å²) in [6.07, 6.45) is 3.40. The van der Waals surface area contributed by atoms with Gasteiger partial charge in [-0.05, 0) is 35.9 Å². The lowest BCUT2D eigenvalue weighted by atomic mass is 10.0. The van der Waals surface area contributed by atoms with Crippen molar-refractivity contribution in [1.82, 2.24) is 19.8 Å². The summed E-state index contributed by atoms with van der Waals surface area (Å²) in [5.41, 5.74) is 1.79. The maximum absolute atomic E-state index is 13.6. The number of methoxy groups -OCH3 is 1. The number of rotatable bonds is 9. The summed E-state index contributed by atoms with van der Waals surface area (Å²) in [7, 11) is 1.64. The minimum Gasteiger partial charge on any atom is -0.497 e. The van der Waals surface area contributed by atoms with Crippen LogP contribution >= 0.6 is 11.8 Å². The fraction of sp³-hybridized carbons (Fsp3) is 0.333. The van der Waals surface area contributed by atoms with E-state index in [2.05, 4.69) is 15.2 Å². The zero-order valence-electron chi connectivity index (χ0n) is 18.4. The molecule has 0 saturated carbocycles. The third kappa shape index (κ3) is 6.13. The minimum absolute atomic E-state index is 0.0445. The molecule has 1 unspecified atom stereocenters. The highest BCUT2D eigenvalue weighted by Gasteiger charge is 2.23. The van der Waals surface area contributed by atoms with Crippen LogP contribution < -0.4 is 10.1 Å². The number of amides is 1. The number of hydrogen-bond donors (Lipinski definition) is 1. The number of thioether (sulfide) groups is 1. The first kappa shape index (κ1) is 23.3. The van der Waals surface area contributed by atoms with Crippen molar-refractivity contribution >= 4 is 17.7 Å². The van der Waals surface area contributed by atoms with E-state index in [1.54, 1.807) is 36.2 Å². The zero-order valence-corrected chi connectivity index (χ0v) is 19.3. The molecule has 1 aromatic heterocycles. The summed E-state index contributed by atoms with van der Waals surface area (Å²) in [6.45, 7) is 3.47. The number of imidazole rings is 1. The summed E-state index contributed by atoms with van der Waals surface area (Å²) >= 11 is 1.32. The number of benzene rings is 2. The Balaban J connectivity index is 1.37. The van der Waals surface area contributed by atoms with Gasteiger partial charge in [-0.2, -0.15) is 0 Å². The van der Waals surface area contributed by atoms with Gasteiger partial charge in [-0.3, -0.25) is 14.3 Å². The van der Waals surface area contributed by atoms with Gasteiger partial charge >= 0.3 is 0 Å².